The lowest BCUT2D eigenvalue weighted by Crippen LogP contribution is -2.65. The monoisotopic (exact) mass is 584 g/mol. The number of hydrogen-bond donors (Lipinski definition) is 1. The Morgan fingerprint density at radius 3 is 2.21 bits per heavy atom. The van der Waals surface area contributed by atoms with E-state index in [4.69, 9.17) is 9.51 Å². The van der Waals surface area contributed by atoms with Gasteiger partial charge in [-0.1, -0.05) is 51.1 Å². The Bertz CT molecular complexity index is 1480. The minimum atomic E-state index is -1.00. The zero-order chi connectivity index (χ0) is 30.1. The van der Waals surface area contributed by atoms with Crippen LogP contribution in [-0.4, -0.2) is 28.3 Å². The molecule has 6 saturated carbocycles. The molecule has 6 nitrogen and oxygen atoms in total. The molecule has 1 aromatic heterocycles. The average molecular weight is 585 g/mol. The standard InChI is InChI=1S/C36H45FN4O2/c1-5-25-9-11-26(12-10-25)38-27-7-6-8-28(19-27)41(29(42)20-34-21-36(37,22-34)23-34)24-33-13-16-35(17-14-33,18-15-33)30-39-31(43-40-30)32(2,3)4/h6-12,19,38H,5,13-18,20-24H2,1-4H3. The van der Waals surface area contributed by atoms with Gasteiger partial charge in [0.1, 0.15) is 5.67 Å². The first-order chi connectivity index (χ1) is 20.4. The van der Waals surface area contributed by atoms with E-state index >= 15 is 0 Å². The number of carbonyl (C=O) groups is 1. The molecule has 1 amide bonds. The molecule has 0 saturated heterocycles. The topological polar surface area (TPSA) is 71.3 Å². The van der Waals surface area contributed by atoms with Crippen LogP contribution in [0.15, 0.2) is 53.1 Å². The molecule has 3 aromatic rings. The molecule has 6 fully saturated rings. The van der Waals surface area contributed by atoms with Crippen LogP contribution >= 0.6 is 0 Å². The molecule has 43 heavy (non-hydrogen) atoms. The molecule has 0 unspecified atom stereocenters. The maximum absolute atomic E-state index is 14.4. The Hall–Kier alpha value is -3.22. The third kappa shape index (κ3) is 5.17. The van der Waals surface area contributed by atoms with Crippen molar-refractivity contribution in [1.29, 1.82) is 0 Å². The number of benzene rings is 2. The number of halogens is 1. The summed E-state index contributed by atoms with van der Waals surface area (Å²) in [7, 11) is 0. The third-order valence-corrected chi connectivity index (χ3v) is 11.1. The maximum atomic E-state index is 14.4. The zero-order valence-electron chi connectivity index (χ0n) is 26.1. The first-order valence-corrected chi connectivity index (χ1v) is 16.2. The fourth-order valence-corrected chi connectivity index (χ4v) is 8.44. The molecular weight excluding hydrogens is 539 g/mol. The van der Waals surface area contributed by atoms with Crippen molar-refractivity contribution in [2.24, 2.45) is 10.8 Å². The second kappa shape index (κ2) is 9.90. The second-order valence-electron chi connectivity index (χ2n) is 15.5. The maximum Gasteiger partial charge on any atom is 0.232 e. The van der Waals surface area contributed by atoms with E-state index in [1.54, 1.807) is 0 Å². The Morgan fingerprint density at radius 2 is 1.63 bits per heavy atom. The molecule has 7 heteroatoms. The molecule has 1 heterocycles. The average Bonchev–Trinajstić information content (AvgIpc) is 3.49. The van der Waals surface area contributed by atoms with Crippen molar-refractivity contribution in [3.8, 4) is 0 Å². The quantitative estimate of drug-likeness (QED) is 0.273. The first-order valence-electron chi connectivity index (χ1n) is 16.2. The van der Waals surface area contributed by atoms with Crippen molar-refractivity contribution in [2.45, 2.75) is 115 Å². The van der Waals surface area contributed by atoms with Gasteiger partial charge in [0, 0.05) is 40.9 Å². The summed E-state index contributed by atoms with van der Waals surface area (Å²) in [4.78, 5) is 21.0. The third-order valence-electron chi connectivity index (χ3n) is 11.1. The minimum absolute atomic E-state index is 0.0258. The highest BCUT2D eigenvalue weighted by Crippen LogP contribution is 2.71. The smallest absolute Gasteiger partial charge is 0.232 e. The molecule has 228 valence electrons. The predicted molar refractivity (Wildman–Crippen MR) is 167 cm³/mol. The van der Waals surface area contributed by atoms with Gasteiger partial charge < -0.3 is 14.7 Å². The highest BCUT2D eigenvalue weighted by Gasteiger charge is 2.69. The van der Waals surface area contributed by atoms with Crippen LogP contribution in [0.4, 0.5) is 21.5 Å². The number of rotatable bonds is 9. The van der Waals surface area contributed by atoms with Crippen LogP contribution in [0, 0.1) is 10.8 Å². The number of alkyl halides is 1. The van der Waals surface area contributed by atoms with Crippen molar-refractivity contribution in [2.75, 3.05) is 16.8 Å². The molecule has 4 bridgehead atoms. The lowest BCUT2D eigenvalue weighted by atomic mass is 9.41. The van der Waals surface area contributed by atoms with E-state index in [1.165, 1.54) is 5.56 Å². The van der Waals surface area contributed by atoms with Crippen LogP contribution in [0.2, 0.25) is 0 Å². The van der Waals surface area contributed by atoms with Crippen LogP contribution in [0.1, 0.15) is 109 Å². The van der Waals surface area contributed by atoms with Gasteiger partial charge >= 0.3 is 0 Å². The molecule has 6 aliphatic rings. The van der Waals surface area contributed by atoms with Gasteiger partial charge in [0.2, 0.25) is 11.8 Å². The minimum Gasteiger partial charge on any atom is -0.355 e. The van der Waals surface area contributed by atoms with Gasteiger partial charge in [-0.2, -0.15) is 4.98 Å². The summed E-state index contributed by atoms with van der Waals surface area (Å²) in [6.45, 7) is 9.17. The lowest BCUT2D eigenvalue weighted by Gasteiger charge is -2.66. The second-order valence-corrected chi connectivity index (χ2v) is 15.5. The van der Waals surface area contributed by atoms with Crippen LogP contribution < -0.4 is 10.2 Å². The number of amides is 1. The largest absolute Gasteiger partial charge is 0.355 e. The van der Waals surface area contributed by atoms with Crippen molar-refractivity contribution in [3.05, 3.63) is 65.8 Å². The summed E-state index contributed by atoms with van der Waals surface area (Å²) >= 11 is 0. The van der Waals surface area contributed by atoms with Gasteiger partial charge in [0.15, 0.2) is 5.82 Å². The van der Waals surface area contributed by atoms with Crippen LogP contribution in [-0.2, 0) is 22.0 Å². The van der Waals surface area contributed by atoms with Gasteiger partial charge in [-0.3, -0.25) is 4.79 Å². The summed E-state index contributed by atoms with van der Waals surface area (Å²) < 4.78 is 20.1. The SMILES string of the molecule is CCc1ccc(Nc2cccc(N(CC34CCC(c5noc(C(C)(C)C)n5)(CC3)CC4)C(=O)CC34CC(F)(C3)C4)c2)cc1. The fourth-order valence-electron chi connectivity index (χ4n) is 8.44. The highest BCUT2D eigenvalue weighted by atomic mass is 19.1. The zero-order valence-corrected chi connectivity index (χ0v) is 26.1. The Kier molecular flexibility index (Phi) is 6.57. The van der Waals surface area contributed by atoms with E-state index in [2.05, 4.69) is 80.6 Å². The summed E-state index contributed by atoms with van der Waals surface area (Å²) in [6, 6.07) is 16.7. The van der Waals surface area contributed by atoms with E-state index in [9.17, 15) is 9.18 Å². The van der Waals surface area contributed by atoms with Gasteiger partial charge in [-0.25, -0.2) is 4.39 Å². The molecule has 1 N–H and O–H groups in total. The predicted octanol–water partition coefficient (Wildman–Crippen LogP) is 8.58. The molecule has 0 spiro atoms. The van der Waals surface area contributed by atoms with Crippen LogP contribution in [0.5, 0.6) is 0 Å². The summed E-state index contributed by atoms with van der Waals surface area (Å²) in [6.07, 6.45) is 9.24. The van der Waals surface area contributed by atoms with Gasteiger partial charge in [0.05, 0.1) is 0 Å². The molecular formula is C36H45FN4O2. The van der Waals surface area contributed by atoms with E-state index in [0.29, 0.717) is 38.1 Å². The van der Waals surface area contributed by atoms with Gasteiger partial charge in [0.25, 0.3) is 0 Å². The number of anilines is 3. The van der Waals surface area contributed by atoms with E-state index in [-0.39, 0.29) is 27.6 Å². The van der Waals surface area contributed by atoms with Crippen LogP contribution in [0.3, 0.4) is 0 Å². The molecule has 0 atom stereocenters. The Morgan fingerprint density at radius 1 is 0.953 bits per heavy atom. The summed E-state index contributed by atoms with van der Waals surface area (Å²) in [5.41, 5.74) is 2.96. The van der Waals surface area contributed by atoms with E-state index in [1.807, 2.05) is 11.0 Å². The molecule has 9 rings (SSSR count). The van der Waals surface area contributed by atoms with Crippen molar-refractivity contribution >= 4 is 23.0 Å². The number of aryl methyl sites for hydroxylation is 1. The Balaban J connectivity index is 1.11. The van der Waals surface area contributed by atoms with Crippen molar-refractivity contribution in [3.63, 3.8) is 0 Å². The lowest BCUT2D eigenvalue weighted by molar-refractivity contribution is -0.215. The molecule has 0 aliphatic heterocycles. The number of aromatic nitrogens is 2. The number of fused-ring (bicyclic) bond motifs is 3. The van der Waals surface area contributed by atoms with Crippen LogP contribution in [0.25, 0.3) is 0 Å². The number of nitrogens with zero attached hydrogens (tertiary/aromatic N) is 3. The molecule has 0 radical (unpaired) electrons. The fraction of sp³-hybridized carbons (Fsp3) is 0.583. The van der Waals surface area contributed by atoms with Crippen molar-refractivity contribution < 1.29 is 13.7 Å². The highest BCUT2D eigenvalue weighted by molar-refractivity contribution is 5.95. The first kappa shape index (κ1) is 28.5. The summed E-state index contributed by atoms with van der Waals surface area (Å²) in [5, 5.41) is 8.00. The number of carbonyl (C=O) groups excluding carboxylic acids is 1. The van der Waals surface area contributed by atoms with Crippen molar-refractivity contribution in [1.82, 2.24) is 10.1 Å². The van der Waals surface area contributed by atoms with Gasteiger partial charge in [-0.15, -0.1) is 0 Å². The summed E-state index contributed by atoms with van der Waals surface area (Å²) in [5.74, 6) is 1.71. The Labute approximate surface area is 254 Å². The molecule has 2 aromatic carbocycles. The molecule has 6 aliphatic carbocycles. The normalized spacial score (nSPS) is 30.8. The van der Waals surface area contributed by atoms with Gasteiger partial charge in [-0.05, 0) is 111 Å². The number of nitrogens with one attached hydrogen (secondary N) is 1. The number of hydrogen-bond acceptors (Lipinski definition) is 5. The van der Waals surface area contributed by atoms with E-state index in [0.717, 1.165) is 67.8 Å². The van der Waals surface area contributed by atoms with E-state index < -0.39 is 5.67 Å².